The summed E-state index contributed by atoms with van der Waals surface area (Å²) in [6, 6.07) is 9.12. The van der Waals surface area contributed by atoms with E-state index in [2.05, 4.69) is 62.4 Å². The molecule has 0 radical (unpaired) electrons. The fourth-order valence-electron chi connectivity index (χ4n) is 3.34. The molecule has 2 heteroatoms. The molecule has 0 spiro atoms. The van der Waals surface area contributed by atoms with Crippen molar-refractivity contribution in [3.8, 4) is 0 Å². The van der Waals surface area contributed by atoms with E-state index in [1.807, 2.05) is 0 Å². The molecule has 1 aliphatic rings. The number of likely N-dealkylation sites (N-methyl/N-ethyl adjacent to an activating group) is 1. The van der Waals surface area contributed by atoms with Crippen LogP contribution in [-0.2, 0) is 0 Å². The standard InChI is InChI=1S/C17H28N2/c1-14-9-5-6-10-16(14)15(2)18-13-17(19(3)4)11-7-8-12-17/h5-6,9-10,15,18H,7-8,11-13H2,1-4H3. The first-order valence-electron chi connectivity index (χ1n) is 7.51. The molecule has 0 amide bonds. The molecule has 1 aliphatic carbocycles. The van der Waals surface area contributed by atoms with Crippen LogP contribution in [0.1, 0.15) is 49.8 Å². The molecule has 0 heterocycles. The lowest BCUT2D eigenvalue weighted by atomic mass is 9.94. The monoisotopic (exact) mass is 260 g/mol. The first kappa shape index (κ1) is 14.5. The third-order valence-electron chi connectivity index (χ3n) is 4.88. The van der Waals surface area contributed by atoms with E-state index in [9.17, 15) is 0 Å². The second kappa shape index (κ2) is 6.06. The van der Waals surface area contributed by atoms with Crippen molar-refractivity contribution in [2.45, 2.75) is 51.1 Å². The topological polar surface area (TPSA) is 15.3 Å². The van der Waals surface area contributed by atoms with Crippen LogP contribution in [0.25, 0.3) is 0 Å². The minimum atomic E-state index is 0.372. The summed E-state index contributed by atoms with van der Waals surface area (Å²) in [5, 5.41) is 3.76. The fourth-order valence-corrected chi connectivity index (χ4v) is 3.34. The van der Waals surface area contributed by atoms with Crippen molar-refractivity contribution in [3.63, 3.8) is 0 Å². The maximum Gasteiger partial charge on any atom is 0.0328 e. The number of aryl methyl sites for hydroxylation is 1. The van der Waals surface area contributed by atoms with Crippen LogP contribution in [0.2, 0.25) is 0 Å². The van der Waals surface area contributed by atoms with Crippen LogP contribution in [0, 0.1) is 6.92 Å². The van der Waals surface area contributed by atoms with E-state index in [-0.39, 0.29) is 0 Å². The number of hydrogen-bond acceptors (Lipinski definition) is 2. The van der Waals surface area contributed by atoms with Gasteiger partial charge in [0, 0.05) is 18.1 Å². The summed E-state index contributed by atoms with van der Waals surface area (Å²) in [4.78, 5) is 2.43. The number of nitrogens with one attached hydrogen (secondary N) is 1. The quantitative estimate of drug-likeness (QED) is 0.871. The van der Waals surface area contributed by atoms with Gasteiger partial charge in [-0.05, 0) is 51.9 Å². The molecule has 0 bridgehead atoms. The van der Waals surface area contributed by atoms with Crippen LogP contribution in [0.3, 0.4) is 0 Å². The zero-order chi connectivity index (χ0) is 13.9. The first-order chi connectivity index (χ1) is 9.05. The fraction of sp³-hybridized carbons (Fsp3) is 0.647. The molecule has 0 aliphatic heterocycles. The van der Waals surface area contributed by atoms with Gasteiger partial charge in [0.1, 0.15) is 0 Å². The minimum absolute atomic E-state index is 0.372. The summed E-state index contributed by atoms with van der Waals surface area (Å²) < 4.78 is 0. The third-order valence-corrected chi connectivity index (χ3v) is 4.88. The van der Waals surface area contributed by atoms with Crippen LogP contribution in [0.4, 0.5) is 0 Å². The number of benzene rings is 1. The number of hydrogen-bond donors (Lipinski definition) is 1. The van der Waals surface area contributed by atoms with Gasteiger partial charge in [-0.3, -0.25) is 0 Å². The summed E-state index contributed by atoms with van der Waals surface area (Å²) in [6.45, 7) is 5.57. The Balaban J connectivity index is 2.00. The Morgan fingerprint density at radius 2 is 1.84 bits per heavy atom. The third kappa shape index (κ3) is 3.18. The maximum absolute atomic E-state index is 3.76. The van der Waals surface area contributed by atoms with Crippen molar-refractivity contribution in [2.24, 2.45) is 0 Å². The molecule has 1 atom stereocenters. The predicted molar refractivity (Wildman–Crippen MR) is 82.5 cm³/mol. The zero-order valence-corrected chi connectivity index (χ0v) is 12.9. The Kier molecular flexibility index (Phi) is 4.64. The lowest BCUT2D eigenvalue weighted by Crippen LogP contribution is -2.50. The Labute approximate surface area is 118 Å². The molecule has 2 rings (SSSR count). The van der Waals surface area contributed by atoms with E-state index >= 15 is 0 Å². The van der Waals surface area contributed by atoms with Crippen molar-refractivity contribution in [3.05, 3.63) is 35.4 Å². The molecule has 2 nitrogen and oxygen atoms in total. The second-order valence-corrected chi connectivity index (χ2v) is 6.29. The number of nitrogens with zero attached hydrogens (tertiary/aromatic N) is 1. The molecular weight excluding hydrogens is 232 g/mol. The van der Waals surface area contributed by atoms with E-state index in [0.717, 1.165) is 6.54 Å². The van der Waals surface area contributed by atoms with Crippen molar-refractivity contribution in [1.82, 2.24) is 10.2 Å². The minimum Gasteiger partial charge on any atom is -0.308 e. The Morgan fingerprint density at radius 1 is 1.21 bits per heavy atom. The summed E-state index contributed by atoms with van der Waals surface area (Å²) in [7, 11) is 4.46. The van der Waals surface area contributed by atoms with Gasteiger partial charge >= 0.3 is 0 Å². The number of rotatable bonds is 5. The van der Waals surface area contributed by atoms with E-state index in [1.165, 1.54) is 36.8 Å². The van der Waals surface area contributed by atoms with Crippen LogP contribution in [0.15, 0.2) is 24.3 Å². The molecule has 1 fully saturated rings. The van der Waals surface area contributed by atoms with Crippen LogP contribution in [0.5, 0.6) is 0 Å². The van der Waals surface area contributed by atoms with Crippen molar-refractivity contribution < 1.29 is 0 Å². The highest BCUT2D eigenvalue weighted by Crippen LogP contribution is 2.33. The molecule has 0 saturated heterocycles. The van der Waals surface area contributed by atoms with Gasteiger partial charge in [-0.25, -0.2) is 0 Å². The van der Waals surface area contributed by atoms with Gasteiger partial charge in [-0.1, -0.05) is 37.1 Å². The van der Waals surface area contributed by atoms with Crippen molar-refractivity contribution >= 4 is 0 Å². The van der Waals surface area contributed by atoms with Crippen LogP contribution in [-0.4, -0.2) is 31.1 Å². The lowest BCUT2D eigenvalue weighted by molar-refractivity contribution is 0.150. The Bertz CT molecular complexity index is 405. The highest BCUT2D eigenvalue weighted by Gasteiger charge is 2.35. The van der Waals surface area contributed by atoms with E-state index in [0.29, 0.717) is 11.6 Å². The zero-order valence-electron chi connectivity index (χ0n) is 12.9. The molecule has 1 aromatic carbocycles. The molecule has 0 aromatic heterocycles. The van der Waals surface area contributed by atoms with Gasteiger partial charge in [-0.2, -0.15) is 0 Å². The highest BCUT2D eigenvalue weighted by atomic mass is 15.2. The molecular formula is C17H28N2. The molecule has 106 valence electrons. The van der Waals surface area contributed by atoms with Gasteiger partial charge in [0.15, 0.2) is 0 Å². The maximum atomic E-state index is 3.76. The summed E-state index contributed by atoms with van der Waals surface area (Å²) >= 11 is 0. The molecule has 1 unspecified atom stereocenters. The molecule has 1 saturated carbocycles. The van der Waals surface area contributed by atoms with Gasteiger partial charge in [0.05, 0.1) is 0 Å². The van der Waals surface area contributed by atoms with E-state index < -0.39 is 0 Å². The molecule has 19 heavy (non-hydrogen) atoms. The largest absolute Gasteiger partial charge is 0.308 e. The Hall–Kier alpha value is -0.860. The van der Waals surface area contributed by atoms with Gasteiger partial charge in [-0.15, -0.1) is 0 Å². The molecule has 1 N–H and O–H groups in total. The SMILES string of the molecule is Cc1ccccc1C(C)NCC1(N(C)C)CCCC1. The van der Waals surface area contributed by atoms with Gasteiger partial charge < -0.3 is 10.2 Å². The average Bonchev–Trinajstić information content (AvgIpc) is 2.86. The van der Waals surface area contributed by atoms with E-state index in [1.54, 1.807) is 0 Å². The van der Waals surface area contributed by atoms with E-state index in [4.69, 9.17) is 0 Å². The summed E-state index contributed by atoms with van der Waals surface area (Å²) in [5.41, 5.74) is 3.18. The average molecular weight is 260 g/mol. The molecule has 1 aromatic rings. The van der Waals surface area contributed by atoms with Crippen LogP contribution < -0.4 is 5.32 Å². The van der Waals surface area contributed by atoms with Crippen molar-refractivity contribution in [2.75, 3.05) is 20.6 Å². The second-order valence-electron chi connectivity index (χ2n) is 6.29. The van der Waals surface area contributed by atoms with Crippen molar-refractivity contribution in [1.29, 1.82) is 0 Å². The summed E-state index contributed by atoms with van der Waals surface area (Å²) in [5.74, 6) is 0. The predicted octanol–water partition coefficient (Wildman–Crippen LogP) is 3.52. The smallest absolute Gasteiger partial charge is 0.0328 e. The first-order valence-corrected chi connectivity index (χ1v) is 7.51. The van der Waals surface area contributed by atoms with Gasteiger partial charge in [0.2, 0.25) is 0 Å². The van der Waals surface area contributed by atoms with Crippen LogP contribution >= 0.6 is 0 Å². The highest BCUT2D eigenvalue weighted by molar-refractivity contribution is 5.28. The van der Waals surface area contributed by atoms with Gasteiger partial charge in [0.25, 0.3) is 0 Å². The normalized spacial score (nSPS) is 19.8. The summed E-state index contributed by atoms with van der Waals surface area (Å²) in [6.07, 6.45) is 5.40. The lowest BCUT2D eigenvalue weighted by Gasteiger charge is -2.37. The Morgan fingerprint density at radius 3 is 2.42 bits per heavy atom.